The predicted molar refractivity (Wildman–Crippen MR) is 101 cm³/mol. The molecule has 1 N–H and O–H groups in total. The van der Waals surface area contributed by atoms with Crippen LogP contribution in [0.4, 0.5) is 0 Å². The molecule has 3 aromatic rings. The number of fused-ring (bicyclic) bond motifs is 1. The summed E-state index contributed by atoms with van der Waals surface area (Å²) >= 11 is 3.47. The third kappa shape index (κ3) is 2.67. The Balaban J connectivity index is 1.57. The highest BCUT2D eigenvalue weighted by Crippen LogP contribution is 2.30. The summed E-state index contributed by atoms with van der Waals surface area (Å²) in [6.07, 6.45) is 5.12. The smallest absolute Gasteiger partial charge is 0.255 e. The summed E-state index contributed by atoms with van der Waals surface area (Å²) in [6.45, 7) is 1.39. The minimum Gasteiger partial charge on any atom is -0.361 e. The number of nitrogens with one attached hydrogen (secondary N) is 1. The molecule has 3 nitrogen and oxygen atoms in total. The Hall–Kier alpha value is -2.33. The number of halogens is 1. The molecule has 4 rings (SSSR count). The summed E-state index contributed by atoms with van der Waals surface area (Å²) in [5, 5.41) is 1.24. The van der Waals surface area contributed by atoms with E-state index in [0.29, 0.717) is 6.54 Å². The Labute approximate surface area is 149 Å². The van der Waals surface area contributed by atoms with Crippen LogP contribution < -0.4 is 0 Å². The van der Waals surface area contributed by atoms with Crippen LogP contribution in [0.25, 0.3) is 16.5 Å². The van der Waals surface area contributed by atoms with Gasteiger partial charge in [0.25, 0.3) is 5.91 Å². The zero-order valence-corrected chi connectivity index (χ0v) is 14.7. The average Bonchev–Trinajstić information content (AvgIpc) is 3.06. The van der Waals surface area contributed by atoms with Gasteiger partial charge >= 0.3 is 0 Å². The quantitative estimate of drug-likeness (QED) is 0.676. The number of rotatable bonds is 2. The lowest BCUT2D eigenvalue weighted by molar-refractivity contribution is 0.0772. The van der Waals surface area contributed by atoms with Crippen molar-refractivity contribution in [3.63, 3.8) is 0 Å². The van der Waals surface area contributed by atoms with E-state index < -0.39 is 0 Å². The second kappa shape index (κ2) is 6.29. The monoisotopic (exact) mass is 380 g/mol. The number of carbonyl (C=O) groups excluding carboxylic acids is 1. The molecule has 1 amide bonds. The van der Waals surface area contributed by atoms with Crippen molar-refractivity contribution >= 4 is 38.3 Å². The maximum absolute atomic E-state index is 12.7. The van der Waals surface area contributed by atoms with Gasteiger partial charge in [0.05, 0.1) is 5.56 Å². The number of aromatic nitrogens is 1. The van der Waals surface area contributed by atoms with Gasteiger partial charge in [0.2, 0.25) is 0 Å². The number of aromatic amines is 1. The van der Waals surface area contributed by atoms with E-state index in [0.717, 1.165) is 28.5 Å². The van der Waals surface area contributed by atoms with Crippen LogP contribution in [0.2, 0.25) is 0 Å². The number of hydrogen-bond acceptors (Lipinski definition) is 1. The standard InChI is InChI=1S/C20H17BrN2O/c21-18-7-3-1-6-16(18)20(24)23-11-9-14(10-12-23)17-13-22-19-8-4-2-5-15(17)19/h1-9,13,22H,10-12H2. The van der Waals surface area contributed by atoms with Crippen LogP contribution in [-0.2, 0) is 0 Å². The molecule has 2 aromatic carbocycles. The zero-order chi connectivity index (χ0) is 16.5. The minimum absolute atomic E-state index is 0.0803. The highest BCUT2D eigenvalue weighted by Gasteiger charge is 2.21. The van der Waals surface area contributed by atoms with Crippen LogP contribution >= 0.6 is 15.9 Å². The van der Waals surface area contributed by atoms with Crippen molar-refractivity contribution in [1.29, 1.82) is 0 Å². The topological polar surface area (TPSA) is 36.1 Å². The number of benzene rings is 2. The molecule has 0 spiro atoms. The van der Waals surface area contributed by atoms with Gasteiger partial charge < -0.3 is 9.88 Å². The molecule has 0 fully saturated rings. The number of hydrogen-bond donors (Lipinski definition) is 1. The molecule has 0 saturated carbocycles. The fourth-order valence-corrected chi connectivity index (χ4v) is 3.69. The van der Waals surface area contributed by atoms with Gasteiger partial charge in [-0.05, 0) is 46.1 Å². The van der Waals surface area contributed by atoms with Gasteiger partial charge in [-0.15, -0.1) is 0 Å². The lowest BCUT2D eigenvalue weighted by Crippen LogP contribution is -2.34. The largest absolute Gasteiger partial charge is 0.361 e. The van der Waals surface area contributed by atoms with E-state index in [9.17, 15) is 4.79 Å². The first-order valence-corrected chi connectivity index (χ1v) is 8.82. The highest BCUT2D eigenvalue weighted by molar-refractivity contribution is 9.10. The fraction of sp³-hybridized carbons (Fsp3) is 0.150. The van der Waals surface area contributed by atoms with Crippen molar-refractivity contribution in [2.45, 2.75) is 6.42 Å². The van der Waals surface area contributed by atoms with E-state index in [1.54, 1.807) is 0 Å². The van der Waals surface area contributed by atoms with Gasteiger partial charge in [-0.3, -0.25) is 4.79 Å². The molecule has 4 heteroatoms. The molecule has 1 aliphatic rings. The van der Waals surface area contributed by atoms with E-state index >= 15 is 0 Å². The molecule has 0 saturated heterocycles. The van der Waals surface area contributed by atoms with E-state index in [-0.39, 0.29) is 5.91 Å². The maximum atomic E-state index is 12.7. The van der Waals surface area contributed by atoms with Gasteiger partial charge in [0.1, 0.15) is 0 Å². The van der Waals surface area contributed by atoms with E-state index in [2.05, 4.69) is 51.4 Å². The number of para-hydroxylation sites is 1. The molecule has 1 aliphatic heterocycles. The molecule has 0 radical (unpaired) electrons. The van der Waals surface area contributed by atoms with Crippen molar-refractivity contribution in [2.24, 2.45) is 0 Å². The Bertz CT molecular complexity index is 941. The molecule has 0 atom stereocenters. The van der Waals surface area contributed by atoms with Crippen molar-refractivity contribution < 1.29 is 4.79 Å². The summed E-state index contributed by atoms with van der Waals surface area (Å²) in [5.74, 6) is 0.0803. The summed E-state index contributed by atoms with van der Waals surface area (Å²) < 4.78 is 0.849. The molecule has 2 heterocycles. The normalized spacial score (nSPS) is 14.7. The molecule has 24 heavy (non-hydrogen) atoms. The van der Waals surface area contributed by atoms with E-state index in [4.69, 9.17) is 0 Å². The zero-order valence-electron chi connectivity index (χ0n) is 13.1. The van der Waals surface area contributed by atoms with Gasteiger partial charge in [0.15, 0.2) is 0 Å². The van der Waals surface area contributed by atoms with Crippen LogP contribution in [0.1, 0.15) is 22.3 Å². The van der Waals surface area contributed by atoms with Crippen molar-refractivity contribution in [3.8, 4) is 0 Å². The van der Waals surface area contributed by atoms with Crippen molar-refractivity contribution in [3.05, 3.63) is 76.4 Å². The van der Waals surface area contributed by atoms with Gasteiger partial charge in [-0.1, -0.05) is 36.4 Å². The maximum Gasteiger partial charge on any atom is 0.255 e. The fourth-order valence-electron chi connectivity index (χ4n) is 3.24. The number of H-pyrrole nitrogens is 1. The first-order valence-electron chi connectivity index (χ1n) is 8.03. The Kier molecular flexibility index (Phi) is 3.98. The molecular weight excluding hydrogens is 364 g/mol. The summed E-state index contributed by atoms with van der Waals surface area (Å²) in [4.78, 5) is 17.9. The van der Waals surface area contributed by atoms with Crippen LogP contribution in [-0.4, -0.2) is 28.9 Å². The Morgan fingerprint density at radius 3 is 2.67 bits per heavy atom. The van der Waals surface area contributed by atoms with E-state index in [1.165, 1.54) is 16.5 Å². The third-order valence-corrected chi connectivity index (χ3v) is 5.23. The highest BCUT2D eigenvalue weighted by atomic mass is 79.9. The average molecular weight is 381 g/mol. The summed E-state index contributed by atoms with van der Waals surface area (Å²) in [5.41, 5.74) is 4.43. The first kappa shape index (κ1) is 15.2. The molecule has 1 aromatic heterocycles. The van der Waals surface area contributed by atoms with Crippen LogP contribution in [0.3, 0.4) is 0 Å². The van der Waals surface area contributed by atoms with Crippen molar-refractivity contribution in [2.75, 3.05) is 13.1 Å². The SMILES string of the molecule is O=C(c1ccccc1Br)N1CC=C(c2c[nH]c3ccccc23)CC1. The lowest BCUT2D eigenvalue weighted by Gasteiger charge is -2.27. The molecule has 0 aliphatic carbocycles. The molecule has 120 valence electrons. The second-order valence-electron chi connectivity index (χ2n) is 5.96. The van der Waals surface area contributed by atoms with Crippen molar-refractivity contribution in [1.82, 2.24) is 9.88 Å². The third-order valence-electron chi connectivity index (χ3n) is 4.54. The number of amides is 1. The van der Waals surface area contributed by atoms with E-state index in [1.807, 2.05) is 35.2 Å². The van der Waals surface area contributed by atoms with Gasteiger partial charge in [0, 0.05) is 40.2 Å². The summed E-state index contributed by atoms with van der Waals surface area (Å²) in [6, 6.07) is 15.9. The molecular formula is C20H17BrN2O. The first-order chi connectivity index (χ1) is 11.7. The molecule has 0 unspecified atom stereocenters. The minimum atomic E-state index is 0.0803. The number of carbonyl (C=O) groups is 1. The van der Waals surface area contributed by atoms with Gasteiger partial charge in [-0.2, -0.15) is 0 Å². The predicted octanol–water partition coefficient (Wildman–Crippen LogP) is 4.86. The Morgan fingerprint density at radius 1 is 1.08 bits per heavy atom. The second-order valence-corrected chi connectivity index (χ2v) is 6.81. The Morgan fingerprint density at radius 2 is 1.88 bits per heavy atom. The lowest BCUT2D eigenvalue weighted by atomic mass is 9.98. The van der Waals surface area contributed by atoms with Crippen LogP contribution in [0.5, 0.6) is 0 Å². The van der Waals surface area contributed by atoms with Crippen LogP contribution in [0.15, 0.2) is 65.3 Å². The summed E-state index contributed by atoms with van der Waals surface area (Å²) in [7, 11) is 0. The van der Waals surface area contributed by atoms with Gasteiger partial charge in [-0.25, -0.2) is 0 Å². The number of nitrogens with zero attached hydrogens (tertiary/aromatic N) is 1. The van der Waals surface area contributed by atoms with Crippen LogP contribution in [0, 0.1) is 0 Å². The molecule has 0 bridgehead atoms.